The highest BCUT2D eigenvalue weighted by Crippen LogP contribution is 2.20. The maximum Gasteiger partial charge on any atom is 0.238 e. The summed E-state index contributed by atoms with van der Waals surface area (Å²) in [7, 11) is 0. The van der Waals surface area contributed by atoms with E-state index in [-0.39, 0.29) is 0 Å². The first-order valence-corrected chi connectivity index (χ1v) is 6.76. The zero-order valence-corrected chi connectivity index (χ0v) is 12.1. The Hall–Kier alpha value is -2.01. The van der Waals surface area contributed by atoms with E-state index in [1.54, 1.807) is 18.6 Å². The van der Waals surface area contributed by atoms with Crippen LogP contribution in [0.15, 0.2) is 30.7 Å². The second-order valence-electron chi connectivity index (χ2n) is 5.06. The molecular formula is C15H20N4O. The minimum absolute atomic E-state index is 0.491. The van der Waals surface area contributed by atoms with Crippen molar-refractivity contribution in [1.82, 2.24) is 20.3 Å². The van der Waals surface area contributed by atoms with Crippen LogP contribution in [0.3, 0.4) is 0 Å². The molecule has 0 fully saturated rings. The van der Waals surface area contributed by atoms with Gasteiger partial charge in [-0.15, -0.1) is 0 Å². The van der Waals surface area contributed by atoms with Gasteiger partial charge in [0, 0.05) is 18.9 Å². The predicted octanol–water partition coefficient (Wildman–Crippen LogP) is 2.72. The lowest BCUT2D eigenvalue weighted by Crippen LogP contribution is -2.19. The monoisotopic (exact) mass is 272 g/mol. The van der Waals surface area contributed by atoms with Gasteiger partial charge in [0.1, 0.15) is 0 Å². The third-order valence-electron chi connectivity index (χ3n) is 2.69. The summed E-state index contributed by atoms with van der Waals surface area (Å²) in [4.78, 5) is 12.8. The molecule has 0 atom stereocenters. The molecule has 2 heterocycles. The van der Waals surface area contributed by atoms with E-state index in [0.29, 0.717) is 24.1 Å². The molecule has 0 saturated heterocycles. The van der Waals surface area contributed by atoms with Crippen LogP contribution in [-0.2, 0) is 6.54 Å². The third-order valence-corrected chi connectivity index (χ3v) is 2.69. The number of pyridine rings is 1. The molecule has 0 unspecified atom stereocenters. The Labute approximate surface area is 119 Å². The first-order valence-electron chi connectivity index (χ1n) is 6.76. The van der Waals surface area contributed by atoms with Crippen molar-refractivity contribution in [2.75, 3.05) is 6.54 Å². The molecular weight excluding hydrogens is 252 g/mol. The van der Waals surface area contributed by atoms with Crippen molar-refractivity contribution >= 4 is 0 Å². The highest BCUT2D eigenvalue weighted by molar-refractivity contribution is 5.29. The lowest BCUT2D eigenvalue weighted by molar-refractivity contribution is 0.449. The van der Waals surface area contributed by atoms with E-state index in [1.807, 2.05) is 19.1 Å². The van der Waals surface area contributed by atoms with Gasteiger partial charge in [0.05, 0.1) is 17.6 Å². The van der Waals surface area contributed by atoms with E-state index < -0.39 is 0 Å². The predicted molar refractivity (Wildman–Crippen MR) is 77.6 cm³/mol. The smallest absolute Gasteiger partial charge is 0.238 e. The van der Waals surface area contributed by atoms with Gasteiger partial charge >= 0.3 is 0 Å². The zero-order chi connectivity index (χ0) is 14.4. The molecule has 2 rings (SSSR count). The largest absolute Gasteiger partial charge is 0.436 e. The average molecular weight is 272 g/mol. The summed E-state index contributed by atoms with van der Waals surface area (Å²) in [5.41, 5.74) is 1.70. The standard InChI is InChI=1S/C15H20N4O/c1-11(2)7-16-8-13-9-17-10-15(19-13)20-14-5-4-6-18-12(14)3/h4-6,9-11,16H,7-8H2,1-3H3. The van der Waals surface area contributed by atoms with Gasteiger partial charge in [0.2, 0.25) is 5.88 Å². The lowest BCUT2D eigenvalue weighted by atomic mass is 10.2. The molecule has 0 amide bonds. The molecule has 0 bridgehead atoms. The topological polar surface area (TPSA) is 59.9 Å². The van der Waals surface area contributed by atoms with Crippen LogP contribution < -0.4 is 10.1 Å². The Morgan fingerprint density at radius 2 is 2.15 bits per heavy atom. The van der Waals surface area contributed by atoms with E-state index in [0.717, 1.165) is 17.9 Å². The van der Waals surface area contributed by atoms with Gasteiger partial charge in [-0.1, -0.05) is 13.8 Å². The molecule has 5 heteroatoms. The maximum absolute atomic E-state index is 5.71. The summed E-state index contributed by atoms with van der Waals surface area (Å²) in [5, 5.41) is 3.33. The summed E-state index contributed by atoms with van der Waals surface area (Å²) >= 11 is 0. The molecule has 0 aliphatic rings. The Bertz CT molecular complexity index is 557. The van der Waals surface area contributed by atoms with Crippen LogP contribution >= 0.6 is 0 Å². The number of ether oxygens (including phenoxy) is 1. The van der Waals surface area contributed by atoms with Crippen molar-refractivity contribution in [3.63, 3.8) is 0 Å². The molecule has 1 N–H and O–H groups in total. The Morgan fingerprint density at radius 3 is 2.90 bits per heavy atom. The second-order valence-corrected chi connectivity index (χ2v) is 5.06. The summed E-state index contributed by atoms with van der Waals surface area (Å²) in [5.74, 6) is 1.81. The quantitative estimate of drug-likeness (QED) is 0.876. The molecule has 0 spiro atoms. The van der Waals surface area contributed by atoms with Gasteiger partial charge in [0.25, 0.3) is 0 Å². The van der Waals surface area contributed by atoms with Crippen molar-refractivity contribution in [1.29, 1.82) is 0 Å². The van der Waals surface area contributed by atoms with Crippen molar-refractivity contribution < 1.29 is 4.74 Å². The highest BCUT2D eigenvalue weighted by Gasteiger charge is 2.04. The molecule has 5 nitrogen and oxygen atoms in total. The van der Waals surface area contributed by atoms with Gasteiger partial charge in [0.15, 0.2) is 5.75 Å². The van der Waals surface area contributed by atoms with E-state index in [4.69, 9.17) is 4.74 Å². The van der Waals surface area contributed by atoms with Gasteiger partial charge < -0.3 is 10.1 Å². The molecule has 0 saturated carbocycles. The van der Waals surface area contributed by atoms with Crippen LogP contribution in [0.4, 0.5) is 0 Å². The number of rotatable bonds is 6. The van der Waals surface area contributed by atoms with Crippen LogP contribution in [0.25, 0.3) is 0 Å². The van der Waals surface area contributed by atoms with Gasteiger partial charge in [-0.2, -0.15) is 0 Å². The van der Waals surface area contributed by atoms with Crippen LogP contribution in [0.2, 0.25) is 0 Å². The minimum atomic E-state index is 0.491. The Balaban J connectivity index is 2.01. The van der Waals surface area contributed by atoms with Gasteiger partial charge in [-0.05, 0) is 31.5 Å². The molecule has 20 heavy (non-hydrogen) atoms. The van der Waals surface area contributed by atoms with Crippen molar-refractivity contribution in [2.24, 2.45) is 5.92 Å². The van der Waals surface area contributed by atoms with Gasteiger partial charge in [-0.25, -0.2) is 4.98 Å². The fourth-order valence-corrected chi connectivity index (χ4v) is 1.70. The zero-order valence-electron chi connectivity index (χ0n) is 12.1. The fourth-order valence-electron chi connectivity index (χ4n) is 1.70. The van der Waals surface area contributed by atoms with Gasteiger partial charge in [-0.3, -0.25) is 9.97 Å². The van der Waals surface area contributed by atoms with Crippen molar-refractivity contribution in [2.45, 2.75) is 27.3 Å². The normalized spacial score (nSPS) is 10.8. The van der Waals surface area contributed by atoms with Crippen molar-refractivity contribution in [3.05, 3.63) is 42.1 Å². The van der Waals surface area contributed by atoms with E-state index in [9.17, 15) is 0 Å². The number of hydrogen-bond donors (Lipinski definition) is 1. The molecule has 2 aromatic heterocycles. The number of aromatic nitrogens is 3. The molecule has 0 aliphatic heterocycles. The summed E-state index contributed by atoms with van der Waals surface area (Å²) in [6.07, 6.45) is 5.09. The van der Waals surface area contributed by atoms with Crippen LogP contribution in [0.1, 0.15) is 25.2 Å². The number of hydrogen-bond acceptors (Lipinski definition) is 5. The average Bonchev–Trinajstić information content (AvgIpc) is 2.41. The molecule has 106 valence electrons. The van der Waals surface area contributed by atoms with Crippen LogP contribution in [-0.4, -0.2) is 21.5 Å². The SMILES string of the molecule is Cc1ncccc1Oc1cncc(CNCC(C)C)n1. The summed E-state index contributed by atoms with van der Waals surface area (Å²) < 4.78 is 5.71. The molecule has 0 aromatic carbocycles. The molecule has 0 radical (unpaired) electrons. The van der Waals surface area contributed by atoms with Crippen LogP contribution in [0, 0.1) is 12.8 Å². The van der Waals surface area contributed by atoms with E-state index in [2.05, 4.69) is 34.1 Å². The second kappa shape index (κ2) is 6.96. The first-order chi connectivity index (χ1) is 9.65. The summed E-state index contributed by atoms with van der Waals surface area (Å²) in [6.45, 7) is 7.88. The number of nitrogens with zero attached hydrogens (tertiary/aromatic N) is 3. The highest BCUT2D eigenvalue weighted by atomic mass is 16.5. The minimum Gasteiger partial charge on any atom is -0.436 e. The summed E-state index contributed by atoms with van der Waals surface area (Å²) in [6, 6.07) is 3.71. The lowest BCUT2D eigenvalue weighted by Gasteiger charge is -2.09. The van der Waals surface area contributed by atoms with E-state index >= 15 is 0 Å². The molecule has 0 aliphatic carbocycles. The number of aryl methyl sites for hydroxylation is 1. The Kier molecular flexibility index (Phi) is 5.01. The maximum atomic E-state index is 5.71. The van der Waals surface area contributed by atoms with E-state index in [1.165, 1.54) is 0 Å². The third kappa shape index (κ3) is 4.28. The van der Waals surface area contributed by atoms with Crippen LogP contribution in [0.5, 0.6) is 11.6 Å². The number of nitrogens with one attached hydrogen (secondary N) is 1. The first kappa shape index (κ1) is 14.4. The Morgan fingerprint density at radius 1 is 1.30 bits per heavy atom. The molecule has 2 aromatic rings. The van der Waals surface area contributed by atoms with Crippen molar-refractivity contribution in [3.8, 4) is 11.6 Å². The fraction of sp³-hybridized carbons (Fsp3) is 0.400.